The fourth-order valence-electron chi connectivity index (χ4n) is 2.22. The number of nitriles is 3. The van der Waals surface area contributed by atoms with Gasteiger partial charge in [0, 0.05) is 0 Å². The Morgan fingerprint density at radius 3 is 1.41 bits per heavy atom. The molecule has 0 heterocycles. The predicted octanol–water partition coefficient (Wildman–Crippen LogP) is 4.04. The molecule has 0 aliphatic heterocycles. The van der Waals surface area contributed by atoms with Crippen LogP contribution in [0.25, 0.3) is 0 Å². The molecule has 0 aliphatic rings. The molecule has 0 aliphatic carbocycles. The third kappa shape index (κ3) is 5.67. The summed E-state index contributed by atoms with van der Waals surface area (Å²) in [4.78, 5) is 0. The summed E-state index contributed by atoms with van der Waals surface area (Å²) in [6.45, 7) is 2.14. The van der Waals surface area contributed by atoms with Crippen LogP contribution in [0.3, 0.4) is 0 Å². The molecular formula is C12H19IN3P. The van der Waals surface area contributed by atoms with Crippen molar-refractivity contribution in [2.24, 2.45) is 0 Å². The van der Waals surface area contributed by atoms with Crippen LogP contribution in [0.5, 0.6) is 0 Å². The van der Waals surface area contributed by atoms with Crippen molar-refractivity contribution in [1.29, 1.82) is 15.8 Å². The Balaban J connectivity index is 5.00. The molecule has 0 saturated heterocycles. The fraction of sp³-hybridized carbons (Fsp3) is 0.750. The van der Waals surface area contributed by atoms with Crippen molar-refractivity contribution in [2.75, 3.05) is 24.6 Å². The number of halogens is 1. The molecule has 0 atom stereocenters. The van der Waals surface area contributed by atoms with Gasteiger partial charge in [-0.05, 0) is 0 Å². The topological polar surface area (TPSA) is 71.4 Å². The molecule has 5 heteroatoms. The molecular weight excluding hydrogens is 344 g/mol. The Labute approximate surface area is 117 Å². The second-order valence-electron chi connectivity index (χ2n) is 4.44. The van der Waals surface area contributed by atoms with Crippen LogP contribution in [-0.2, 0) is 0 Å². The van der Waals surface area contributed by atoms with Gasteiger partial charge in [0.15, 0.2) is 0 Å². The van der Waals surface area contributed by atoms with Gasteiger partial charge >= 0.3 is 118 Å². The number of rotatable bonds is 8. The third-order valence-electron chi connectivity index (χ3n) is 3.13. The van der Waals surface area contributed by atoms with Gasteiger partial charge in [-0.15, -0.1) is 0 Å². The average Bonchev–Trinajstić information content (AvgIpc) is 2.33. The molecule has 94 valence electrons. The normalized spacial score (nSPS) is 12.8. The van der Waals surface area contributed by atoms with E-state index >= 15 is 0 Å². The first-order chi connectivity index (χ1) is 8.04. The second-order valence-corrected chi connectivity index (χ2v) is 18.1. The van der Waals surface area contributed by atoms with Gasteiger partial charge in [-0.2, -0.15) is 0 Å². The molecule has 0 bridgehead atoms. The zero-order chi connectivity index (χ0) is 13.2. The van der Waals surface area contributed by atoms with Crippen LogP contribution in [0.4, 0.5) is 0 Å². The number of hydrogen-bond acceptors (Lipinski definition) is 3. The van der Waals surface area contributed by atoms with E-state index in [2.05, 4.69) is 47.2 Å². The van der Waals surface area contributed by atoms with Crippen molar-refractivity contribution >= 4 is 26.3 Å². The van der Waals surface area contributed by atoms with Crippen LogP contribution < -0.4 is 0 Å². The first kappa shape index (κ1) is 16.6. The molecule has 0 N–H and O–H groups in total. The van der Waals surface area contributed by atoms with E-state index in [4.69, 9.17) is 15.8 Å². The molecule has 0 aromatic rings. The molecule has 3 nitrogen and oxygen atoms in total. The van der Waals surface area contributed by atoms with Gasteiger partial charge in [-0.1, -0.05) is 0 Å². The average molecular weight is 363 g/mol. The van der Waals surface area contributed by atoms with Crippen LogP contribution in [0, 0.1) is 34.0 Å². The van der Waals surface area contributed by atoms with E-state index < -0.39 is 4.25 Å². The molecule has 0 spiro atoms. The van der Waals surface area contributed by atoms with E-state index in [1.54, 1.807) is 0 Å². The summed E-state index contributed by atoms with van der Waals surface area (Å²) in [6.07, 6.45) is 6.53. The predicted molar refractivity (Wildman–Crippen MR) is 81.4 cm³/mol. The third-order valence-corrected chi connectivity index (χ3v) is 14.5. The van der Waals surface area contributed by atoms with Crippen LogP contribution in [0.2, 0.25) is 0 Å². The summed E-state index contributed by atoms with van der Waals surface area (Å²) in [7, 11) is 0. The van der Waals surface area contributed by atoms with Gasteiger partial charge in [-0.3, -0.25) is 0 Å². The monoisotopic (exact) mass is 363 g/mol. The van der Waals surface area contributed by atoms with Gasteiger partial charge in [0.05, 0.1) is 0 Å². The van der Waals surface area contributed by atoms with Crippen molar-refractivity contribution < 1.29 is 0 Å². The van der Waals surface area contributed by atoms with E-state index in [1.807, 2.05) is 0 Å². The van der Waals surface area contributed by atoms with Crippen molar-refractivity contribution in [3.8, 4) is 18.2 Å². The van der Waals surface area contributed by atoms with Crippen molar-refractivity contribution in [1.82, 2.24) is 0 Å². The van der Waals surface area contributed by atoms with Gasteiger partial charge in [-0.25, -0.2) is 0 Å². The molecule has 0 unspecified atom stereocenters. The van der Waals surface area contributed by atoms with Gasteiger partial charge in [0.2, 0.25) is 0 Å². The van der Waals surface area contributed by atoms with E-state index in [-0.39, 0.29) is 0 Å². The Morgan fingerprint density at radius 2 is 1.18 bits per heavy atom. The number of hydrogen-bond donors (Lipinski definition) is 0. The standard InChI is InChI=1S/C12H19IN3P/c1-2-9-17(13,10-3-6-14,11-4-7-15)12-5-8-16/h2-5,9-12H2,1H3. The molecule has 0 radical (unpaired) electrons. The van der Waals surface area contributed by atoms with Crippen LogP contribution in [-0.4, -0.2) is 24.6 Å². The number of nitrogens with zero attached hydrogens (tertiary/aromatic N) is 3. The van der Waals surface area contributed by atoms with E-state index in [0.29, 0.717) is 19.3 Å². The summed E-state index contributed by atoms with van der Waals surface area (Å²) < 4.78 is -2.04. The summed E-state index contributed by atoms with van der Waals surface area (Å²) in [5.41, 5.74) is 0. The first-order valence-electron chi connectivity index (χ1n) is 5.87. The molecule has 0 fully saturated rings. The molecule has 17 heavy (non-hydrogen) atoms. The van der Waals surface area contributed by atoms with Crippen LogP contribution in [0.15, 0.2) is 0 Å². The van der Waals surface area contributed by atoms with Gasteiger partial charge in [0.1, 0.15) is 0 Å². The van der Waals surface area contributed by atoms with Crippen molar-refractivity contribution in [3.63, 3.8) is 0 Å². The first-order valence-corrected chi connectivity index (χ1v) is 11.6. The quantitative estimate of drug-likeness (QED) is 0.483. The van der Waals surface area contributed by atoms with Crippen molar-refractivity contribution in [2.45, 2.75) is 32.6 Å². The summed E-state index contributed by atoms with van der Waals surface area (Å²) in [6, 6.07) is 6.66. The minimum atomic E-state index is -2.04. The Hall–Kier alpha value is -0.370. The summed E-state index contributed by atoms with van der Waals surface area (Å²) in [5, 5.41) is 26.4. The molecule has 0 aromatic heterocycles. The Bertz CT molecular complexity index is 313. The minimum absolute atomic E-state index is 0.553. The van der Waals surface area contributed by atoms with Crippen LogP contribution in [0.1, 0.15) is 32.6 Å². The Kier molecular flexibility index (Phi) is 7.69. The summed E-state index contributed by atoms with van der Waals surface area (Å²) >= 11 is 2.56. The maximum absolute atomic E-state index is 8.80. The van der Waals surface area contributed by atoms with Crippen LogP contribution >= 0.6 is 26.3 Å². The Morgan fingerprint density at radius 1 is 0.824 bits per heavy atom. The molecule has 0 amide bonds. The van der Waals surface area contributed by atoms with E-state index in [9.17, 15) is 0 Å². The SMILES string of the molecule is CCCP(I)(CCC#N)(CCC#N)CCC#N. The van der Waals surface area contributed by atoms with Crippen molar-refractivity contribution in [3.05, 3.63) is 0 Å². The zero-order valence-corrected chi connectivity index (χ0v) is 13.4. The summed E-state index contributed by atoms with van der Waals surface area (Å²) in [5.74, 6) is 0. The van der Waals surface area contributed by atoms with Gasteiger partial charge in [0.25, 0.3) is 0 Å². The fourth-order valence-corrected chi connectivity index (χ4v) is 10.3. The second kappa shape index (κ2) is 7.86. The zero-order valence-electron chi connectivity index (χ0n) is 10.3. The van der Waals surface area contributed by atoms with E-state index in [0.717, 1.165) is 31.1 Å². The molecule has 0 saturated carbocycles. The maximum atomic E-state index is 8.80. The van der Waals surface area contributed by atoms with Gasteiger partial charge < -0.3 is 0 Å². The van der Waals surface area contributed by atoms with E-state index in [1.165, 1.54) is 0 Å². The molecule has 0 aromatic carbocycles. The molecule has 0 rings (SSSR count).